The Bertz CT molecular complexity index is 6730. The minimum Gasteiger partial charge on any atom is -0.310 e. The highest BCUT2D eigenvalue weighted by atomic mass is 15.2. The van der Waals surface area contributed by atoms with Crippen molar-refractivity contribution in [3.63, 3.8) is 0 Å². The van der Waals surface area contributed by atoms with E-state index >= 15 is 0 Å². The summed E-state index contributed by atoms with van der Waals surface area (Å²) in [4.78, 5) is 7.89. The molecule has 23 rings (SSSR count). The smallest absolute Gasteiger partial charge is 0.252 e. The maximum atomic E-state index is 2.69. The van der Waals surface area contributed by atoms with Crippen molar-refractivity contribution in [1.82, 2.24) is 0 Å². The van der Waals surface area contributed by atoms with Crippen molar-refractivity contribution in [2.75, 3.05) is 14.7 Å². The van der Waals surface area contributed by atoms with Crippen LogP contribution in [0.3, 0.4) is 0 Å². The van der Waals surface area contributed by atoms with Gasteiger partial charge in [0.25, 0.3) is 6.71 Å². The summed E-state index contributed by atoms with van der Waals surface area (Å²) in [7, 11) is 0. The predicted octanol–water partition coefficient (Wildman–Crippen LogP) is 28.4. The van der Waals surface area contributed by atoms with Crippen LogP contribution >= 0.6 is 0 Å². The van der Waals surface area contributed by atoms with Gasteiger partial charge in [-0.1, -0.05) is 376 Å². The zero-order chi connectivity index (χ0) is 74.9. The van der Waals surface area contributed by atoms with Crippen molar-refractivity contribution < 1.29 is 0 Å². The van der Waals surface area contributed by atoms with Gasteiger partial charge in [0.1, 0.15) is 0 Å². The van der Waals surface area contributed by atoms with Gasteiger partial charge in [0.05, 0.1) is 17.1 Å². The molecule has 0 radical (unpaired) electrons. The average Bonchev–Trinajstić information content (AvgIpc) is 0.684. The number of nitrogens with zero attached hydrogens (tertiary/aromatic N) is 3. The molecule has 0 unspecified atom stereocenters. The number of fused-ring (bicyclic) bond motifs is 4. The van der Waals surface area contributed by atoms with E-state index in [1.54, 1.807) is 0 Å². The van der Waals surface area contributed by atoms with Crippen LogP contribution in [0.25, 0.3) is 154 Å². The number of rotatable bonds is 13. The molecule has 0 spiro atoms. The molecule has 114 heavy (non-hydrogen) atoms. The van der Waals surface area contributed by atoms with E-state index in [0.29, 0.717) is 0 Å². The monoisotopic (exact) mass is 1440 g/mol. The van der Waals surface area contributed by atoms with E-state index in [2.05, 4.69) is 439 Å². The second kappa shape index (κ2) is 26.5. The SMILES string of the molecule is c1ccc(-c2ccc(N(c3ccc(-c4ccccc4)cc3)c3cc4c5c(c3)N(c3c(-c6ccccc6)cccc3-c3ccccc3)c3ccc(-c6ccc7ccc8cccc9ccc6c7c89)cc3B5c3cc(-c5ccc6ccc7cccc8ccc5c6c78)ccc3N4c3c(-c4ccccc4)cccc3-c3ccccc3)cc2)cc1. The Balaban J connectivity index is 0.885. The van der Waals surface area contributed by atoms with E-state index in [1.165, 1.54) is 92.2 Å². The lowest BCUT2D eigenvalue weighted by Gasteiger charge is -2.46. The minimum absolute atomic E-state index is 0.349. The Morgan fingerprint density at radius 2 is 0.474 bits per heavy atom. The lowest BCUT2D eigenvalue weighted by molar-refractivity contribution is 1.23. The molecule has 3 nitrogen and oxygen atoms in total. The van der Waals surface area contributed by atoms with Crippen molar-refractivity contribution in [1.29, 1.82) is 0 Å². The Morgan fingerprint density at radius 1 is 0.184 bits per heavy atom. The van der Waals surface area contributed by atoms with Crippen LogP contribution in [0.15, 0.2) is 425 Å². The molecule has 0 aromatic heterocycles. The third-order valence-electron chi connectivity index (χ3n) is 24.3. The fourth-order valence-corrected chi connectivity index (χ4v) is 19.2. The second-order valence-electron chi connectivity index (χ2n) is 30.5. The topological polar surface area (TPSA) is 9.72 Å². The maximum absolute atomic E-state index is 2.69. The van der Waals surface area contributed by atoms with E-state index in [4.69, 9.17) is 0 Å². The third kappa shape index (κ3) is 10.5. The molecule has 0 saturated carbocycles. The summed E-state index contributed by atoms with van der Waals surface area (Å²) in [5.41, 5.74) is 31.5. The highest BCUT2D eigenvalue weighted by Crippen LogP contribution is 2.56. The number of hydrogen-bond acceptors (Lipinski definition) is 3. The van der Waals surface area contributed by atoms with Crippen LogP contribution in [0.1, 0.15) is 0 Å². The normalized spacial score (nSPS) is 12.3. The van der Waals surface area contributed by atoms with Gasteiger partial charge >= 0.3 is 0 Å². The van der Waals surface area contributed by atoms with E-state index in [0.717, 1.165) is 129 Å². The van der Waals surface area contributed by atoms with Gasteiger partial charge in [-0.25, -0.2) is 0 Å². The number of hydrogen-bond donors (Lipinski definition) is 0. The summed E-state index contributed by atoms with van der Waals surface area (Å²) in [5.74, 6) is 0. The fourth-order valence-electron chi connectivity index (χ4n) is 19.2. The quantitative estimate of drug-likeness (QED) is 0.0841. The summed E-state index contributed by atoms with van der Waals surface area (Å²) in [6.07, 6.45) is 0. The molecule has 21 aromatic rings. The second-order valence-corrected chi connectivity index (χ2v) is 30.5. The highest BCUT2D eigenvalue weighted by molar-refractivity contribution is 7.00. The Labute approximate surface area is 662 Å². The van der Waals surface area contributed by atoms with Crippen molar-refractivity contribution >= 4 is 139 Å². The first kappa shape index (κ1) is 65.1. The molecule has 0 bridgehead atoms. The van der Waals surface area contributed by atoms with Gasteiger partial charge in [0, 0.05) is 56.4 Å². The first-order valence-electron chi connectivity index (χ1n) is 39.6. The maximum Gasteiger partial charge on any atom is 0.252 e. The van der Waals surface area contributed by atoms with E-state index in [1.807, 2.05) is 0 Å². The molecule has 2 heterocycles. The van der Waals surface area contributed by atoms with Crippen LogP contribution < -0.4 is 31.1 Å². The van der Waals surface area contributed by atoms with Gasteiger partial charge in [-0.2, -0.15) is 0 Å². The van der Waals surface area contributed by atoms with Crippen LogP contribution in [-0.4, -0.2) is 6.71 Å². The van der Waals surface area contributed by atoms with Gasteiger partial charge in [0.2, 0.25) is 0 Å². The van der Waals surface area contributed by atoms with Gasteiger partial charge in [0.15, 0.2) is 0 Å². The molecule has 0 saturated heterocycles. The molecule has 0 fully saturated rings. The van der Waals surface area contributed by atoms with Crippen LogP contribution in [0.5, 0.6) is 0 Å². The Hall–Kier alpha value is -14.8. The molecule has 2 aliphatic heterocycles. The van der Waals surface area contributed by atoms with E-state index in [-0.39, 0.29) is 6.71 Å². The van der Waals surface area contributed by atoms with Gasteiger partial charge in [-0.15, -0.1) is 0 Å². The minimum atomic E-state index is -0.349. The summed E-state index contributed by atoms with van der Waals surface area (Å²) < 4.78 is 0. The Morgan fingerprint density at radius 3 is 0.825 bits per heavy atom. The van der Waals surface area contributed by atoms with E-state index in [9.17, 15) is 0 Å². The Kier molecular flexibility index (Phi) is 15.1. The third-order valence-corrected chi connectivity index (χ3v) is 24.3. The molecule has 0 amide bonds. The van der Waals surface area contributed by atoms with E-state index < -0.39 is 0 Å². The van der Waals surface area contributed by atoms with Crippen molar-refractivity contribution in [2.45, 2.75) is 0 Å². The number of anilines is 9. The average molecular weight is 1440 g/mol. The lowest BCUT2D eigenvalue weighted by atomic mass is 9.33. The molecule has 2 aliphatic rings. The highest BCUT2D eigenvalue weighted by Gasteiger charge is 2.46. The molecule has 0 aliphatic carbocycles. The summed E-state index contributed by atoms with van der Waals surface area (Å²) in [5, 5.41) is 15.1. The van der Waals surface area contributed by atoms with Crippen molar-refractivity contribution in [3.8, 4) is 89.0 Å². The molecular formula is C110H70BN3. The van der Waals surface area contributed by atoms with Crippen LogP contribution in [0, 0.1) is 0 Å². The lowest BCUT2D eigenvalue weighted by Crippen LogP contribution is -2.61. The first-order chi connectivity index (χ1) is 56.6. The number of benzene rings is 21. The standard InChI is InChI=1S/C110H70BN3/c1-7-23-71(24-8-1)73-47-57-87(58-48-73)112(88-59-49-74(50-60-88)72-25-9-2-10-26-72)89-69-102-108-103(70-89)114(110-94(77-31-15-5-16-32-77)41-22-42-95(110)78-33-17-6-18-34-78)101-66-56-86(91-62-52-84-46-44-80-36-20-38-82-54-64-97(91)107(84)105(80)82)68-99(101)111(108)98-67-85(90-61-51-83-45-43-79-35-19-37-81-53-63-96(90)106(83)104(79)81)55-65-100(98)113(102)109-92(75-27-11-3-12-28-75)39-21-40-93(109)76-29-13-4-14-30-76/h1-70H. The largest absolute Gasteiger partial charge is 0.310 e. The zero-order valence-corrected chi connectivity index (χ0v) is 62.3. The fraction of sp³-hybridized carbons (Fsp3) is 0. The molecule has 0 atom stereocenters. The zero-order valence-electron chi connectivity index (χ0n) is 62.3. The predicted molar refractivity (Wildman–Crippen MR) is 486 cm³/mol. The summed E-state index contributed by atoms with van der Waals surface area (Å²) in [6, 6.07) is 160. The molecule has 0 N–H and O–H groups in total. The molecule has 4 heteroatoms. The van der Waals surface area contributed by atoms with Crippen molar-refractivity contribution in [3.05, 3.63) is 425 Å². The molecule has 528 valence electrons. The van der Waals surface area contributed by atoms with Crippen LogP contribution in [0.2, 0.25) is 0 Å². The van der Waals surface area contributed by atoms with Crippen LogP contribution in [-0.2, 0) is 0 Å². The van der Waals surface area contributed by atoms with Crippen LogP contribution in [0.4, 0.5) is 51.2 Å². The van der Waals surface area contributed by atoms with Gasteiger partial charge < -0.3 is 14.7 Å². The molecule has 21 aromatic carbocycles. The van der Waals surface area contributed by atoms with Crippen molar-refractivity contribution in [2.24, 2.45) is 0 Å². The van der Waals surface area contributed by atoms with Gasteiger partial charge in [-0.3, -0.25) is 0 Å². The van der Waals surface area contributed by atoms with Gasteiger partial charge in [-0.05, 0) is 196 Å². The summed E-state index contributed by atoms with van der Waals surface area (Å²) >= 11 is 0. The first-order valence-corrected chi connectivity index (χ1v) is 39.6. The number of para-hydroxylation sites is 2. The summed E-state index contributed by atoms with van der Waals surface area (Å²) in [6.45, 7) is -0.349. The molecular weight excluding hydrogens is 1370 g/mol.